The Bertz CT molecular complexity index is 787. The van der Waals surface area contributed by atoms with Gasteiger partial charge in [0.2, 0.25) is 5.91 Å². The van der Waals surface area contributed by atoms with Crippen LogP contribution in [0.3, 0.4) is 0 Å². The number of carbonyl (C=O) groups excluding carboxylic acids is 1. The zero-order valence-electron chi connectivity index (χ0n) is 14.5. The van der Waals surface area contributed by atoms with Crippen LogP contribution in [0.2, 0.25) is 0 Å². The number of rotatable bonds is 6. The number of carboxylic acids is 1. The monoisotopic (exact) mass is 355 g/mol. The van der Waals surface area contributed by atoms with Crippen molar-refractivity contribution in [3.05, 3.63) is 48.5 Å². The van der Waals surface area contributed by atoms with E-state index in [0.29, 0.717) is 42.2 Å². The molecule has 1 aliphatic carbocycles. The van der Waals surface area contributed by atoms with Crippen molar-refractivity contribution in [2.75, 3.05) is 12.4 Å². The number of methoxy groups -OCH3 is 1. The molecule has 136 valence electrons. The second kappa shape index (κ2) is 7.91. The number of ether oxygens (including phenoxy) is 2. The summed E-state index contributed by atoms with van der Waals surface area (Å²) in [6.07, 6.45) is 1.57. The number of anilines is 1. The molecule has 0 heterocycles. The Morgan fingerprint density at radius 3 is 2.35 bits per heavy atom. The van der Waals surface area contributed by atoms with Gasteiger partial charge >= 0.3 is 5.97 Å². The standard InChI is InChI=1S/C20H21NO5/c1-25-17-3-2-4-18(12-17)26-16-9-7-15(8-10-16)21-19(22)13-5-6-14(11-13)20(23)24/h2-4,7-10,12-14H,5-6,11H2,1H3,(H,21,22)(H,23,24)/t13-,14+/m1/s1. The first-order chi connectivity index (χ1) is 12.5. The van der Waals surface area contributed by atoms with Crippen molar-refractivity contribution in [3.63, 3.8) is 0 Å². The molecular formula is C20H21NO5. The van der Waals surface area contributed by atoms with Gasteiger partial charge in [-0.05, 0) is 55.7 Å². The van der Waals surface area contributed by atoms with Crippen molar-refractivity contribution in [2.24, 2.45) is 11.8 Å². The smallest absolute Gasteiger partial charge is 0.306 e. The summed E-state index contributed by atoms with van der Waals surface area (Å²) in [5, 5.41) is 11.9. The Hall–Kier alpha value is -3.02. The lowest BCUT2D eigenvalue weighted by Gasteiger charge is -2.12. The zero-order chi connectivity index (χ0) is 18.5. The molecule has 1 saturated carbocycles. The number of hydrogen-bond donors (Lipinski definition) is 2. The SMILES string of the molecule is COc1cccc(Oc2ccc(NC(=O)[C@@H]3CC[C@H](C(=O)O)C3)cc2)c1. The van der Waals surface area contributed by atoms with E-state index in [1.807, 2.05) is 18.2 Å². The minimum Gasteiger partial charge on any atom is -0.497 e. The zero-order valence-corrected chi connectivity index (χ0v) is 14.5. The van der Waals surface area contributed by atoms with Gasteiger partial charge in [0, 0.05) is 17.7 Å². The van der Waals surface area contributed by atoms with Gasteiger partial charge < -0.3 is 19.9 Å². The van der Waals surface area contributed by atoms with Crippen LogP contribution in [0.15, 0.2) is 48.5 Å². The molecule has 6 heteroatoms. The van der Waals surface area contributed by atoms with Gasteiger partial charge in [-0.25, -0.2) is 0 Å². The summed E-state index contributed by atoms with van der Waals surface area (Å²) < 4.78 is 10.9. The van der Waals surface area contributed by atoms with E-state index in [2.05, 4.69) is 5.32 Å². The Kier molecular flexibility index (Phi) is 5.41. The predicted molar refractivity (Wildman–Crippen MR) is 96.6 cm³/mol. The van der Waals surface area contributed by atoms with E-state index < -0.39 is 11.9 Å². The molecule has 2 N–H and O–H groups in total. The molecule has 2 aromatic carbocycles. The maximum absolute atomic E-state index is 12.3. The third kappa shape index (κ3) is 4.33. The summed E-state index contributed by atoms with van der Waals surface area (Å²) in [7, 11) is 1.60. The van der Waals surface area contributed by atoms with Crippen molar-refractivity contribution >= 4 is 17.6 Å². The highest BCUT2D eigenvalue weighted by Gasteiger charge is 2.33. The highest BCUT2D eigenvalue weighted by molar-refractivity contribution is 5.93. The molecule has 6 nitrogen and oxygen atoms in total. The fraction of sp³-hybridized carbons (Fsp3) is 0.300. The van der Waals surface area contributed by atoms with Gasteiger partial charge in [0.25, 0.3) is 0 Å². The maximum atomic E-state index is 12.3. The van der Waals surface area contributed by atoms with E-state index in [9.17, 15) is 9.59 Å². The first-order valence-corrected chi connectivity index (χ1v) is 8.51. The molecule has 0 spiro atoms. The van der Waals surface area contributed by atoms with Crippen LogP contribution in [0.4, 0.5) is 5.69 Å². The van der Waals surface area contributed by atoms with Crippen LogP contribution in [-0.4, -0.2) is 24.1 Å². The molecule has 0 bridgehead atoms. The molecule has 1 aliphatic rings. The molecule has 1 fully saturated rings. The third-order valence-electron chi connectivity index (χ3n) is 4.55. The lowest BCUT2D eigenvalue weighted by atomic mass is 10.0. The molecule has 2 aromatic rings. The van der Waals surface area contributed by atoms with Gasteiger partial charge in [-0.15, -0.1) is 0 Å². The Balaban J connectivity index is 1.57. The van der Waals surface area contributed by atoms with E-state index in [1.165, 1.54) is 0 Å². The molecule has 3 rings (SSSR count). The van der Waals surface area contributed by atoms with E-state index in [4.69, 9.17) is 14.6 Å². The molecule has 0 saturated heterocycles. The molecule has 0 aromatic heterocycles. The van der Waals surface area contributed by atoms with Crippen LogP contribution in [0.25, 0.3) is 0 Å². The number of benzene rings is 2. The molecule has 2 atom stereocenters. The van der Waals surface area contributed by atoms with Crippen LogP contribution >= 0.6 is 0 Å². The van der Waals surface area contributed by atoms with Crippen LogP contribution in [0.5, 0.6) is 17.2 Å². The summed E-state index contributed by atoms with van der Waals surface area (Å²) in [5.74, 6) is 0.403. The minimum atomic E-state index is -0.820. The largest absolute Gasteiger partial charge is 0.497 e. The number of hydrogen-bond acceptors (Lipinski definition) is 4. The van der Waals surface area contributed by atoms with E-state index in [0.717, 1.165) is 0 Å². The second-order valence-electron chi connectivity index (χ2n) is 6.34. The Morgan fingerprint density at radius 1 is 1.00 bits per heavy atom. The van der Waals surface area contributed by atoms with E-state index in [1.54, 1.807) is 37.4 Å². The predicted octanol–water partition coefficient (Wildman–Crippen LogP) is 3.93. The number of carbonyl (C=O) groups is 2. The van der Waals surface area contributed by atoms with E-state index >= 15 is 0 Å². The van der Waals surface area contributed by atoms with E-state index in [-0.39, 0.29) is 11.8 Å². The number of carboxylic acid groups (broad SMARTS) is 1. The van der Waals surface area contributed by atoms with Gasteiger partial charge in [0.1, 0.15) is 17.2 Å². The lowest BCUT2D eigenvalue weighted by Crippen LogP contribution is -2.21. The Morgan fingerprint density at radius 2 is 1.69 bits per heavy atom. The van der Waals surface area contributed by atoms with Gasteiger partial charge in [0.05, 0.1) is 13.0 Å². The van der Waals surface area contributed by atoms with Gasteiger partial charge in [0.15, 0.2) is 0 Å². The van der Waals surface area contributed by atoms with Crippen molar-refractivity contribution in [3.8, 4) is 17.2 Å². The molecular weight excluding hydrogens is 334 g/mol. The summed E-state index contributed by atoms with van der Waals surface area (Å²) in [6.45, 7) is 0. The summed E-state index contributed by atoms with van der Waals surface area (Å²) in [4.78, 5) is 23.3. The molecule has 0 radical (unpaired) electrons. The normalized spacial score (nSPS) is 19.0. The van der Waals surface area contributed by atoms with Crippen LogP contribution in [-0.2, 0) is 9.59 Å². The van der Waals surface area contributed by atoms with Crippen molar-refractivity contribution in [2.45, 2.75) is 19.3 Å². The first-order valence-electron chi connectivity index (χ1n) is 8.51. The average Bonchev–Trinajstić information content (AvgIpc) is 3.14. The molecule has 0 unspecified atom stereocenters. The fourth-order valence-corrected chi connectivity index (χ4v) is 3.10. The van der Waals surface area contributed by atoms with Crippen LogP contribution < -0.4 is 14.8 Å². The molecule has 0 aliphatic heterocycles. The number of nitrogens with one attached hydrogen (secondary N) is 1. The summed E-state index contributed by atoms with van der Waals surface area (Å²) >= 11 is 0. The van der Waals surface area contributed by atoms with Crippen molar-refractivity contribution in [1.29, 1.82) is 0 Å². The lowest BCUT2D eigenvalue weighted by molar-refractivity contribution is -0.141. The highest BCUT2D eigenvalue weighted by Crippen LogP contribution is 2.32. The van der Waals surface area contributed by atoms with Crippen LogP contribution in [0, 0.1) is 11.8 Å². The maximum Gasteiger partial charge on any atom is 0.306 e. The average molecular weight is 355 g/mol. The number of aliphatic carboxylic acids is 1. The van der Waals surface area contributed by atoms with Gasteiger partial charge in [-0.3, -0.25) is 9.59 Å². The Labute approximate surface area is 151 Å². The number of amides is 1. The van der Waals surface area contributed by atoms with Crippen LogP contribution in [0.1, 0.15) is 19.3 Å². The van der Waals surface area contributed by atoms with Crippen molar-refractivity contribution < 1.29 is 24.2 Å². The minimum absolute atomic E-state index is 0.129. The van der Waals surface area contributed by atoms with Gasteiger partial charge in [-0.1, -0.05) is 6.07 Å². The molecule has 26 heavy (non-hydrogen) atoms. The first kappa shape index (κ1) is 17.8. The third-order valence-corrected chi connectivity index (χ3v) is 4.55. The summed E-state index contributed by atoms with van der Waals surface area (Å²) in [5.41, 5.74) is 0.659. The van der Waals surface area contributed by atoms with Crippen molar-refractivity contribution in [1.82, 2.24) is 0 Å². The second-order valence-corrected chi connectivity index (χ2v) is 6.34. The topological polar surface area (TPSA) is 84.9 Å². The fourth-order valence-electron chi connectivity index (χ4n) is 3.10. The quantitative estimate of drug-likeness (QED) is 0.820. The highest BCUT2D eigenvalue weighted by atomic mass is 16.5. The van der Waals surface area contributed by atoms with Gasteiger partial charge in [-0.2, -0.15) is 0 Å². The molecule has 1 amide bonds. The summed E-state index contributed by atoms with van der Waals surface area (Å²) in [6, 6.07) is 14.4.